The topological polar surface area (TPSA) is 46.1 Å². The minimum absolute atomic E-state index is 0.105. The molecule has 2 unspecified atom stereocenters. The molecule has 2 atom stereocenters. The lowest BCUT2D eigenvalue weighted by molar-refractivity contribution is 0.0953. The molecule has 0 bridgehead atoms. The molecule has 34 heavy (non-hydrogen) atoms. The number of aromatic nitrogens is 1. The van der Waals surface area contributed by atoms with E-state index in [4.69, 9.17) is 23.2 Å². The van der Waals surface area contributed by atoms with Gasteiger partial charge in [0.05, 0.1) is 22.0 Å². The molecule has 0 spiro atoms. The summed E-state index contributed by atoms with van der Waals surface area (Å²) in [5, 5.41) is 7.68. The number of hydrogen-bond acceptors (Lipinski definition) is 2. The molecule has 0 aliphatic rings. The van der Waals surface area contributed by atoms with Crippen LogP contribution in [0, 0.1) is 12.8 Å². The SMILES string of the molecule is C=CCC(CC)C(C)NCCNC(=O)c1cn(-c2ccc(Cl)cc2Cl)c(-c2ccccc2)c1C. The van der Waals surface area contributed by atoms with Crippen molar-refractivity contribution in [3.63, 3.8) is 0 Å². The van der Waals surface area contributed by atoms with Crippen LogP contribution in [0.4, 0.5) is 0 Å². The quantitative estimate of drug-likeness (QED) is 0.219. The zero-order valence-electron chi connectivity index (χ0n) is 20.1. The number of benzene rings is 2. The van der Waals surface area contributed by atoms with E-state index in [1.165, 1.54) is 0 Å². The molecular weight excluding hydrogens is 465 g/mol. The van der Waals surface area contributed by atoms with Gasteiger partial charge >= 0.3 is 0 Å². The van der Waals surface area contributed by atoms with E-state index in [1.54, 1.807) is 12.1 Å². The van der Waals surface area contributed by atoms with Gasteiger partial charge in [-0.3, -0.25) is 4.79 Å². The second-order valence-corrected chi connectivity index (χ2v) is 9.38. The summed E-state index contributed by atoms with van der Waals surface area (Å²) < 4.78 is 1.97. The largest absolute Gasteiger partial charge is 0.351 e. The van der Waals surface area contributed by atoms with Crippen molar-refractivity contribution in [3.05, 3.63) is 88.6 Å². The highest BCUT2D eigenvalue weighted by Crippen LogP contribution is 2.34. The second kappa shape index (κ2) is 12.3. The first-order valence-corrected chi connectivity index (χ1v) is 12.5. The summed E-state index contributed by atoms with van der Waals surface area (Å²) in [7, 11) is 0. The minimum atomic E-state index is -0.105. The van der Waals surface area contributed by atoms with Gasteiger partial charge in [0, 0.05) is 30.4 Å². The molecular formula is C28H33Cl2N3O. The van der Waals surface area contributed by atoms with Gasteiger partial charge in [0.1, 0.15) is 0 Å². The highest BCUT2D eigenvalue weighted by molar-refractivity contribution is 6.35. The highest BCUT2D eigenvalue weighted by atomic mass is 35.5. The van der Waals surface area contributed by atoms with Crippen molar-refractivity contribution in [2.45, 2.75) is 39.7 Å². The van der Waals surface area contributed by atoms with Crippen LogP contribution in [-0.4, -0.2) is 29.6 Å². The first-order valence-electron chi connectivity index (χ1n) is 11.7. The second-order valence-electron chi connectivity index (χ2n) is 8.54. The number of carbonyl (C=O) groups excluding carboxylic acids is 1. The summed E-state index contributed by atoms with van der Waals surface area (Å²) in [4.78, 5) is 13.2. The fourth-order valence-electron chi connectivity index (χ4n) is 4.32. The van der Waals surface area contributed by atoms with Gasteiger partial charge in [-0.2, -0.15) is 0 Å². The average Bonchev–Trinajstić information content (AvgIpc) is 3.17. The predicted molar refractivity (Wildman–Crippen MR) is 144 cm³/mol. The van der Waals surface area contributed by atoms with Crippen LogP contribution < -0.4 is 10.6 Å². The van der Waals surface area contributed by atoms with Crippen molar-refractivity contribution in [2.24, 2.45) is 5.92 Å². The van der Waals surface area contributed by atoms with Crippen molar-refractivity contribution in [1.29, 1.82) is 0 Å². The van der Waals surface area contributed by atoms with Gasteiger partial charge in [-0.15, -0.1) is 6.58 Å². The van der Waals surface area contributed by atoms with E-state index in [1.807, 2.05) is 60.2 Å². The van der Waals surface area contributed by atoms with Crippen LogP contribution in [0.15, 0.2) is 67.4 Å². The fraction of sp³-hybridized carbons (Fsp3) is 0.321. The molecule has 1 amide bonds. The normalized spacial score (nSPS) is 12.9. The summed E-state index contributed by atoms with van der Waals surface area (Å²) in [6.45, 7) is 11.4. The maximum absolute atomic E-state index is 13.2. The highest BCUT2D eigenvalue weighted by Gasteiger charge is 2.21. The Morgan fingerprint density at radius 1 is 1.15 bits per heavy atom. The molecule has 0 aliphatic carbocycles. The molecule has 0 aliphatic heterocycles. The smallest absolute Gasteiger partial charge is 0.253 e. The number of hydrogen-bond donors (Lipinski definition) is 2. The summed E-state index contributed by atoms with van der Waals surface area (Å²) in [5.41, 5.74) is 4.23. The van der Waals surface area contributed by atoms with Gasteiger partial charge in [0.25, 0.3) is 5.91 Å². The third-order valence-corrected chi connectivity index (χ3v) is 6.84. The molecule has 2 N–H and O–H groups in total. The maximum atomic E-state index is 13.2. The standard InChI is InChI=1S/C28H33Cl2N3O/c1-5-10-21(6-2)20(4)31-15-16-32-28(34)24-18-33(26-14-13-23(29)17-25(26)30)27(19(24)3)22-11-8-7-9-12-22/h5,7-9,11-14,17-18,20-21,31H,1,6,10,15-16H2,2-4H3,(H,32,34). The number of amides is 1. The van der Waals surface area contributed by atoms with Crippen LogP contribution in [0.25, 0.3) is 16.9 Å². The molecule has 4 nitrogen and oxygen atoms in total. The summed E-state index contributed by atoms with van der Waals surface area (Å²) >= 11 is 12.7. The van der Waals surface area contributed by atoms with E-state index < -0.39 is 0 Å². The minimum Gasteiger partial charge on any atom is -0.351 e. The molecule has 1 heterocycles. The van der Waals surface area contributed by atoms with Crippen molar-refractivity contribution >= 4 is 29.1 Å². The van der Waals surface area contributed by atoms with Crippen LogP contribution in [0.1, 0.15) is 42.6 Å². The molecule has 2 aromatic carbocycles. The van der Waals surface area contributed by atoms with Crippen LogP contribution in [0.2, 0.25) is 10.0 Å². The number of nitrogens with zero attached hydrogens (tertiary/aromatic N) is 1. The van der Waals surface area contributed by atoms with Crippen molar-refractivity contribution in [3.8, 4) is 16.9 Å². The average molecular weight is 498 g/mol. The van der Waals surface area contributed by atoms with E-state index >= 15 is 0 Å². The van der Waals surface area contributed by atoms with E-state index in [-0.39, 0.29) is 5.91 Å². The Hall–Kier alpha value is -2.53. The number of halogens is 2. The van der Waals surface area contributed by atoms with Crippen molar-refractivity contribution in [1.82, 2.24) is 15.2 Å². The predicted octanol–water partition coefficient (Wildman–Crippen LogP) is 7.07. The fourth-order valence-corrected chi connectivity index (χ4v) is 4.82. The van der Waals surface area contributed by atoms with Gasteiger partial charge < -0.3 is 15.2 Å². The number of allylic oxidation sites excluding steroid dienone is 1. The van der Waals surface area contributed by atoms with Gasteiger partial charge in [0.2, 0.25) is 0 Å². The first kappa shape index (κ1) is 26.1. The number of carbonyl (C=O) groups is 1. The summed E-state index contributed by atoms with van der Waals surface area (Å²) in [5.74, 6) is 0.438. The molecule has 3 rings (SSSR count). The molecule has 0 radical (unpaired) electrons. The Bertz CT molecular complexity index is 1120. The first-order chi connectivity index (χ1) is 16.4. The Morgan fingerprint density at radius 2 is 1.88 bits per heavy atom. The maximum Gasteiger partial charge on any atom is 0.253 e. The summed E-state index contributed by atoms with van der Waals surface area (Å²) in [6.07, 6.45) is 5.90. The number of nitrogens with one attached hydrogen (secondary N) is 2. The van der Waals surface area contributed by atoms with Crippen LogP contribution >= 0.6 is 23.2 Å². The Balaban J connectivity index is 1.81. The number of rotatable bonds is 11. The Kier molecular flexibility index (Phi) is 9.40. The lowest BCUT2D eigenvalue weighted by atomic mass is 9.95. The Labute approximate surface area is 213 Å². The third kappa shape index (κ3) is 6.12. The molecule has 0 saturated carbocycles. The monoisotopic (exact) mass is 497 g/mol. The van der Waals surface area contributed by atoms with Crippen LogP contribution in [0.3, 0.4) is 0 Å². The molecule has 1 aromatic heterocycles. The van der Waals surface area contributed by atoms with Crippen molar-refractivity contribution in [2.75, 3.05) is 13.1 Å². The van der Waals surface area contributed by atoms with Gasteiger partial charge in [-0.05, 0) is 55.5 Å². The van der Waals surface area contributed by atoms with Crippen LogP contribution in [0.5, 0.6) is 0 Å². The molecule has 180 valence electrons. The molecule has 3 aromatic rings. The van der Waals surface area contributed by atoms with Crippen molar-refractivity contribution < 1.29 is 4.79 Å². The van der Waals surface area contributed by atoms with E-state index in [0.29, 0.717) is 40.7 Å². The van der Waals surface area contributed by atoms with Gasteiger partial charge in [-0.25, -0.2) is 0 Å². The molecule has 0 fully saturated rings. The lowest BCUT2D eigenvalue weighted by Gasteiger charge is -2.22. The zero-order chi connectivity index (χ0) is 24.7. The molecule has 0 saturated heterocycles. The van der Waals surface area contributed by atoms with E-state index in [9.17, 15) is 4.79 Å². The third-order valence-electron chi connectivity index (χ3n) is 6.30. The summed E-state index contributed by atoms with van der Waals surface area (Å²) in [6, 6.07) is 15.8. The van der Waals surface area contributed by atoms with Gasteiger partial charge in [-0.1, -0.05) is 73.0 Å². The molecule has 6 heteroatoms. The van der Waals surface area contributed by atoms with E-state index in [0.717, 1.165) is 35.3 Å². The Morgan fingerprint density at radius 3 is 2.53 bits per heavy atom. The van der Waals surface area contributed by atoms with Crippen LogP contribution in [-0.2, 0) is 0 Å². The zero-order valence-corrected chi connectivity index (χ0v) is 21.6. The van der Waals surface area contributed by atoms with E-state index in [2.05, 4.69) is 31.1 Å². The van der Waals surface area contributed by atoms with Gasteiger partial charge in [0.15, 0.2) is 0 Å². The lowest BCUT2D eigenvalue weighted by Crippen LogP contribution is -2.39.